The molecule has 2 aromatic heterocycles. The van der Waals surface area contributed by atoms with Gasteiger partial charge in [0, 0.05) is 37.7 Å². The average Bonchev–Trinajstić information content (AvgIpc) is 3.13. The van der Waals surface area contributed by atoms with Crippen LogP contribution in [0.15, 0.2) is 12.4 Å². The number of aryl methyl sites for hydroxylation is 1. The van der Waals surface area contributed by atoms with Crippen LogP contribution in [-0.4, -0.2) is 37.6 Å². The molecule has 22 heavy (non-hydrogen) atoms. The molecule has 118 valence electrons. The minimum atomic E-state index is -0.236. The van der Waals surface area contributed by atoms with Gasteiger partial charge in [0.05, 0.1) is 11.9 Å². The first-order valence-electron chi connectivity index (χ1n) is 7.42. The minimum absolute atomic E-state index is 0.0635. The summed E-state index contributed by atoms with van der Waals surface area (Å²) in [5.74, 6) is 1.43. The van der Waals surface area contributed by atoms with E-state index in [0.29, 0.717) is 12.5 Å². The van der Waals surface area contributed by atoms with Crippen molar-refractivity contribution >= 4 is 28.3 Å². The lowest BCUT2D eigenvalue weighted by atomic mass is 10.1. The number of carbonyl (C=O) groups is 1. The van der Waals surface area contributed by atoms with Crippen LogP contribution >= 0.6 is 11.5 Å². The van der Waals surface area contributed by atoms with Gasteiger partial charge in [0.25, 0.3) is 0 Å². The number of hydrogen-bond acceptors (Lipinski definition) is 6. The number of nitrogens with one attached hydrogen (secondary N) is 1. The molecule has 1 saturated heterocycles. The molecule has 1 N–H and O–H groups in total. The summed E-state index contributed by atoms with van der Waals surface area (Å²) in [7, 11) is 1.84. The zero-order valence-electron chi connectivity index (χ0n) is 13.0. The molecule has 1 atom stereocenters. The SMILES string of the molecule is CC(C)Cc1nsc(N[C@H]2CCN(c3cnn(C)c3)C2=O)n1. The lowest BCUT2D eigenvalue weighted by molar-refractivity contribution is -0.117. The Kier molecular flexibility index (Phi) is 4.10. The van der Waals surface area contributed by atoms with Crippen molar-refractivity contribution in [2.45, 2.75) is 32.7 Å². The maximum Gasteiger partial charge on any atom is 0.249 e. The van der Waals surface area contributed by atoms with E-state index in [1.165, 1.54) is 11.5 Å². The molecule has 0 aliphatic carbocycles. The highest BCUT2D eigenvalue weighted by atomic mass is 32.1. The Bertz CT molecular complexity index is 664. The van der Waals surface area contributed by atoms with Crippen LogP contribution in [-0.2, 0) is 18.3 Å². The molecule has 0 spiro atoms. The summed E-state index contributed by atoms with van der Waals surface area (Å²) in [5.41, 5.74) is 0.842. The second kappa shape index (κ2) is 6.04. The van der Waals surface area contributed by atoms with Gasteiger partial charge in [-0.05, 0) is 12.3 Å². The molecule has 0 saturated carbocycles. The van der Waals surface area contributed by atoms with Crippen LogP contribution in [0.1, 0.15) is 26.1 Å². The van der Waals surface area contributed by atoms with Crippen LogP contribution in [0.25, 0.3) is 0 Å². The van der Waals surface area contributed by atoms with Crippen LogP contribution in [0.4, 0.5) is 10.8 Å². The summed E-state index contributed by atoms with van der Waals surface area (Å²) < 4.78 is 6.03. The molecular weight excluding hydrogens is 300 g/mol. The van der Waals surface area contributed by atoms with Crippen LogP contribution in [0.2, 0.25) is 0 Å². The van der Waals surface area contributed by atoms with Crippen molar-refractivity contribution in [3.05, 3.63) is 18.2 Å². The molecular formula is C14H20N6OS. The highest BCUT2D eigenvalue weighted by Gasteiger charge is 2.33. The third-order valence-corrected chi connectivity index (χ3v) is 4.25. The molecule has 1 aliphatic rings. The number of aromatic nitrogens is 4. The number of carbonyl (C=O) groups excluding carboxylic acids is 1. The fourth-order valence-electron chi connectivity index (χ4n) is 2.53. The first kappa shape index (κ1) is 15.0. The summed E-state index contributed by atoms with van der Waals surface area (Å²) in [6, 6.07) is -0.236. The van der Waals surface area contributed by atoms with Gasteiger partial charge < -0.3 is 10.2 Å². The van der Waals surface area contributed by atoms with Gasteiger partial charge in [-0.15, -0.1) is 0 Å². The van der Waals surface area contributed by atoms with Gasteiger partial charge >= 0.3 is 0 Å². The number of nitrogens with zero attached hydrogens (tertiary/aromatic N) is 5. The van der Waals surface area contributed by atoms with E-state index in [0.717, 1.165) is 29.5 Å². The minimum Gasteiger partial charge on any atom is -0.348 e. The molecule has 3 heterocycles. The van der Waals surface area contributed by atoms with Gasteiger partial charge in [-0.3, -0.25) is 9.48 Å². The molecule has 3 rings (SSSR count). The van der Waals surface area contributed by atoms with Gasteiger partial charge in [0.2, 0.25) is 11.0 Å². The van der Waals surface area contributed by atoms with Gasteiger partial charge in [0.15, 0.2) is 0 Å². The van der Waals surface area contributed by atoms with Crippen molar-refractivity contribution in [1.29, 1.82) is 0 Å². The van der Waals surface area contributed by atoms with E-state index in [9.17, 15) is 4.79 Å². The average molecular weight is 320 g/mol. The van der Waals surface area contributed by atoms with E-state index in [1.54, 1.807) is 15.8 Å². The van der Waals surface area contributed by atoms with E-state index < -0.39 is 0 Å². The van der Waals surface area contributed by atoms with Crippen molar-refractivity contribution in [3.8, 4) is 0 Å². The molecule has 0 radical (unpaired) electrons. The van der Waals surface area contributed by atoms with Crippen molar-refractivity contribution < 1.29 is 4.79 Å². The molecule has 7 nitrogen and oxygen atoms in total. The summed E-state index contributed by atoms with van der Waals surface area (Å²) in [6.45, 7) is 4.97. The standard InChI is InChI=1S/C14H20N6OS/c1-9(2)6-12-17-14(22-18-12)16-11-4-5-20(13(11)21)10-7-15-19(3)8-10/h7-9,11H,4-6H2,1-3H3,(H,16,17,18)/t11-/m0/s1. The Labute approximate surface area is 133 Å². The van der Waals surface area contributed by atoms with E-state index in [1.807, 2.05) is 13.2 Å². The number of hydrogen-bond donors (Lipinski definition) is 1. The fourth-order valence-corrected chi connectivity index (χ4v) is 3.18. The molecule has 1 aliphatic heterocycles. The van der Waals surface area contributed by atoms with Gasteiger partial charge in [-0.2, -0.15) is 9.47 Å². The molecule has 1 amide bonds. The van der Waals surface area contributed by atoms with Crippen LogP contribution in [0.5, 0.6) is 0 Å². The Morgan fingerprint density at radius 2 is 2.32 bits per heavy atom. The highest BCUT2D eigenvalue weighted by Crippen LogP contribution is 2.24. The molecule has 1 fully saturated rings. The molecule has 0 aromatic carbocycles. The van der Waals surface area contributed by atoms with Crippen molar-refractivity contribution in [2.75, 3.05) is 16.8 Å². The summed E-state index contributed by atoms with van der Waals surface area (Å²) in [6.07, 6.45) is 5.18. The molecule has 8 heteroatoms. The molecule has 0 unspecified atom stereocenters. The predicted octanol–water partition coefficient (Wildman–Crippen LogP) is 1.69. The third-order valence-electron chi connectivity index (χ3n) is 3.57. The summed E-state index contributed by atoms with van der Waals surface area (Å²) in [5, 5.41) is 8.06. The number of amides is 1. The monoisotopic (exact) mass is 320 g/mol. The fraction of sp³-hybridized carbons (Fsp3) is 0.571. The maximum absolute atomic E-state index is 12.5. The van der Waals surface area contributed by atoms with E-state index in [-0.39, 0.29) is 11.9 Å². The molecule has 0 bridgehead atoms. The first-order chi connectivity index (χ1) is 10.5. The maximum atomic E-state index is 12.5. The summed E-state index contributed by atoms with van der Waals surface area (Å²) in [4.78, 5) is 18.7. The zero-order valence-corrected chi connectivity index (χ0v) is 13.8. The van der Waals surface area contributed by atoms with E-state index in [4.69, 9.17) is 0 Å². The quantitative estimate of drug-likeness (QED) is 0.907. The number of anilines is 2. The van der Waals surface area contributed by atoms with Crippen molar-refractivity contribution in [3.63, 3.8) is 0 Å². The Hall–Kier alpha value is -1.96. The Morgan fingerprint density at radius 1 is 1.50 bits per heavy atom. The third kappa shape index (κ3) is 3.11. The Balaban J connectivity index is 1.64. The zero-order chi connectivity index (χ0) is 15.7. The predicted molar refractivity (Wildman–Crippen MR) is 86.0 cm³/mol. The topological polar surface area (TPSA) is 75.9 Å². The van der Waals surface area contributed by atoms with Crippen LogP contribution in [0.3, 0.4) is 0 Å². The van der Waals surface area contributed by atoms with E-state index >= 15 is 0 Å². The second-order valence-corrected chi connectivity index (χ2v) is 6.71. The highest BCUT2D eigenvalue weighted by molar-refractivity contribution is 7.09. The van der Waals surface area contributed by atoms with E-state index in [2.05, 4.69) is 33.6 Å². The van der Waals surface area contributed by atoms with Crippen molar-refractivity contribution in [1.82, 2.24) is 19.1 Å². The second-order valence-electron chi connectivity index (χ2n) is 5.96. The van der Waals surface area contributed by atoms with Crippen LogP contribution < -0.4 is 10.2 Å². The first-order valence-corrected chi connectivity index (χ1v) is 8.19. The van der Waals surface area contributed by atoms with Crippen LogP contribution in [0, 0.1) is 5.92 Å². The largest absolute Gasteiger partial charge is 0.348 e. The summed E-state index contributed by atoms with van der Waals surface area (Å²) >= 11 is 1.32. The van der Waals surface area contributed by atoms with Gasteiger partial charge in [0.1, 0.15) is 11.9 Å². The smallest absolute Gasteiger partial charge is 0.249 e. The molecule has 2 aromatic rings. The van der Waals surface area contributed by atoms with Gasteiger partial charge in [-0.25, -0.2) is 4.98 Å². The number of rotatable bonds is 5. The van der Waals surface area contributed by atoms with Crippen molar-refractivity contribution in [2.24, 2.45) is 13.0 Å². The lowest BCUT2D eigenvalue weighted by Gasteiger charge is -2.14. The lowest BCUT2D eigenvalue weighted by Crippen LogP contribution is -2.33. The van der Waals surface area contributed by atoms with Gasteiger partial charge in [-0.1, -0.05) is 13.8 Å². The Morgan fingerprint density at radius 3 is 3.00 bits per heavy atom. The normalized spacial score (nSPS) is 18.5.